The van der Waals surface area contributed by atoms with Crippen molar-refractivity contribution in [3.8, 4) is 5.75 Å². The van der Waals surface area contributed by atoms with Crippen LogP contribution < -0.4 is 10.1 Å². The number of halogens is 1. The van der Waals surface area contributed by atoms with Gasteiger partial charge in [0.25, 0.3) is 0 Å². The summed E-state index contributed by atoms with van der Waals surface area (Å²) in [5, 5.41) is 3.43. The van der Waals surface area contributed by atoms with Crippen LogP contribution in [0.3, 0.4) is 0 Å². The summed E-state index contributed by atoms with van der Waals surface area (Å²) in [6.45, 7) is 2.71. The number of carbonyl (C=O) groups excluding carboxylic acids is 1. The molecule has 138 valence electrons. The van der Waals surface area contributed by atoms with Crippen molar-refractivity contribution in [2.24, 2.45) is 0 Å². The van der Waals surface area contributed by atoms with Gasteiger partial charge in [-0.15, -0.1) is 0 Å². The zero-order valence-electron chi connectivity index (χ0n) is 15.1. The molecule has 5 nitrogen and oxygen atoms in total. The van der Waals surface area contributed by atoms with Gasteiger partial charge < -0.3 is 14.6 Å². The molecule has 0 saturated carbocycles. The van der Waals surface area contributed by atoms with Crippen molar-refractivity contribution >= 4 is 29.3 Å². The molecule has 1 amide bonds. The molecule has 0 saturated heterocycles. The van der Waals surface area contributed by atoms with Gasteiger partial charge in [-0.25, -0.2) is 4.98 Å². The number of carbonyl (C=O) groups is 1. The number of ether oxygens (including phenoxy) is 1. The summed E-state index contributed by atoms with van der Waals surface area (Å²) < 4.78 is 7.33. The maximum Gasteiger partial charge on any atom is 0.248 e. The third-order valence-electron chi connectivity index (χ3n) is 4.10. The summed E-state index contributed by atoms with van der Waals surface area (Å²) in [6.07, 6.45) is 6.86. The molecule has 0 unspecified atom stereocenters. The maximum atomic E-state index is 12.2. The lowest BCUT2D eigenvalue weighted by molar-refractivity contribution is -0.111. The van der Waals surface area contributed by atoms with E-state index in [2.05, 4.69) is 14.9 Å². The highest BCUT2D eigenvalue weighted by atomic mass is 35.5. The highest BCUT2D eigenvalue weighted by molar-refractivity contribution is 6.30. The Hall–Kier alpha value is -3.05. The smallest absolute Gasteiger partial charge is 0.248 e. The molecule has 0 atom stereocenters. The molecule has 6 heteroatoms. The number of aromatic nitrogens is 2. The average molecular weight is 382 g/mol. The van der Waals surface area contributed by atoms with Crippen LogP contribution in [0.5, 0.6) is 5.75 Å². The van der Waals surface area contributed by atoms with Crippen molar-refractivity contribution in [3.05, 3.63) is 82.9 Å². The summed E-state index contributed by atoms with van der Waals surface area (Å²) in [5.74, 6) is 1.40. The van der Waals surface area contributed by atoms with E-state index in [9.17, 15) is 4.79 Å². The number of nitrogens with zero attached hydrogens (tertiary/aromatic N) is 2. The molecule has 3 aromatic rings. The molecule has 0 aliphatic heterocycles. The molecule has 0 spiro atoms. The Morgan fingerprint density at radius 2 is 2.04 bits per heavy atom. The highest BCUT2D eigenvalue weighted by Gasteiger charge is 2.03. The van der Waals surface area contributed by atoms with Gasteiger partial charge in [0.05, 0.1) is 7.11 Å². The van der Waals surface area contributed by atoms with Gasteiger partial charge in [0.1, 0.15) is 11.6 Å². The first kappa shape index (κ1) is 18.7. The van der Waals surface area contributed by atoms with Gasteiger partial charge in [-0.05, 0) is 48.9 Å². The van der Waals surface area contributed by atoms with Crippen LogP contribution in [0.25, 0.3) is 6.08 Å². The monoisotopic (exact) mass is 381 g/mol. The molecule has 0 bridgehead atoms. The first-order valence-electron chi connectivity index (χ1n) is 8.44. The number of hydrogen-bond acceptors (Lipinski definition) is 3. The predicted molar refractivity (Wildman–Crippen MR) is 108 cm³/mol. The van der Waals surface area contributed by atoms with Gasteiger partial charge in [0.2, 0.25) is 5.91 Å². The van der Waals surface area contributed by atoms with Crippen LogP contribution >= 0.6 is 11.6 Å². The average Bonchev–Trinajstić information content (AvgIpc) is 3.06. The molecule has 0 aliphatic rings. The van der Waals surface area contributed by atoms with Crippen molar-refractivity contribution in [3.63, 3.8) is 0 Å². The van der Waals surface area contributed by atoms with E-state index in [1.54, 1.807) is 37.6 Å². The summed E-state index contributed by atoms with van der Waals surface area (Å²) in [5.41, 5.74) is 2.60. The van der Waals surface area contributed by atoms with Gasteiger partial charge in [-0.1, -0.05) is 23.7 Å². The fourth-order valence-corrected chi connectivity index (χ4v) is 2.83. The van der Waals surface area contributed by atoms with E-state index < -0.39 is 0 Å². The summed E-state index contributed by atoms with van der Waals surface area (Å²) >= 11 is 6.00. The zero-order valence-corrected chi connectivity index (χ0v) is 15.9. The third kappa shape index (κ3) is 4.99. The van der Waals surface area contributed by atoms with E-state index in [1.165, 1.54) is 6.08 Å². The second kappa shape index (κ2) is 8.56. The number of aryl methyl sites for hydroxylation is 1. The second-order valence-corrected chi connectivity index (χ2v) is 6.44. The fraction of sp³-hybridized carbons (Fsp3) is 0.143. The van der Waals surface area contributed by atoms with Crippen molar-refractivity contribution in [2.45, 2.75) is 13.5 Å². The number of imidazole rings is 1. The fourth-order valence-electron chi connectivity index (χ4n) is 2.65. The lowest BCUT2D eigenvalue weighted by Crippen LogP contribution is -2.08. The van der Waals surface area contributed by atoms with Crippen LogP contribution in [0.1, 0.15) is 17.0 Å². The van der Waals surface area contributed by atoms with Gasteiger partial charge in [0.15, 0.2) is 0 Å². The molecular formula is C21H20ClN3O2. The topological polar surface area (TPSA) is 56.1 Å². The number of rotatable bonds is 6. The van der Waals surface area contributed by atoms with E-state index in [-0.39, 0.29) is 5.91 Å². The van der Waals surface area contributed by atoms with Crippen LogP contribution in [0.2, 0.25) is 5.02 Å². The summed E-state index contributed by atoms with van der Waals surface area (Å²) in [4.78, 5) is 16.4. The SMILES string of the molecule is COc1ccc(Cl)cc1/C=C/C(=O)Nc1ccc(Cn2ccnc2C)cc1. The van der Waals surface area contributed by atoms with E-state index in [0.29, 0.717) is 10.8 Å². The zero-order chi connectivity index (χ0) is 19.2. The minimum Gasteiger partial charge on any atom is -0.496 e. The molecule has 2 aromatic carbocycles. The molecule has 0 radical (unpaired) electrons. The van der Waals surface area contributed by atoms with Crippen LogP contribution in [-0.4, -0.2) is 22.6 Å². The molecule has 0 fully saturated rings. The molecule has 1 heterocycles. The highest BCUT2D eigenvalue weighted by Crippen LogP contribution is 2.23. The molecule has 1 aromatic heterocycles. The Balaban J connectivity index is 1.62. The Morgan fingerprint density at radius 3 is 2.70 bits per heavy atom. The molecule has 3 rings (SSSR count). The normalized spacial score (nSPS) is 10.9. The number of amides is 1. The summed E-state index contributed by atoms with van der Waals surface area (Å²) in [7, 11) is 1.58. The Labute approximate surface area is 163 Å². The lowest BCUT2D eigenvalue weighted by Gasteiger charge is -2.07. The van der Waals surface area contributed by atoms with Gasteiger partial charge in [-0.3, -0.25) is 4.79 Å². The van der Waals surface area contributed by atoms with Gasteiger partial charge >= 0.3 is 0 Å². The maximum absolute atomic E-state index is 12.2. The Kier molecular flexibility index (Phi) is 5.94. The Bertz CT molecular complexity index is 962. The standard InChI is InChI=1S/C21H20ClN3O2/c1-15-23-11-12-25(15)14-16-3-7-19(8-4-16)24-21(26)10-5-17-13-18(22)6-9-20(17)27-2/h3-13H,14H2,1-2H3,(H,24,26)/b10-5+. The third-order valence-corrected chi connectivity index (χ3v) is 4.34. The van der Waals surface area contributed by atoms with E-state index >= 15 is 0 Å². The van der Waals surface area contributed by atoms with Crippen LogP contribution in [0.15, 0.2) is 60.9 Å². The second-order valence-electron chi connectivity index (χ2n) is 6.01. The van der Waals surface area contributed by atoms with Crippen LogP contribution in [-0.2, 0) is 11.3 Å². The quantitative estimate of drug-likeness (QED) is 0.637. The van der Waals surface area contributed by atoms with Crippen molar-refractivity contribution in [1.82, 2.24) is 9.55 Å². The minimum atomic E-state index is -0.227. The summed E-state index contributed by atoms with van der Waals surface area (Å²) in [6, 6.07) is 13.0. The van der Waals surface area contributed by atoms with Gasteiger partial charge in [-0.2, -0.15) is 0 Å². The van der Waals surface area contributed by atoms with Crippen LogP contribution in [0.4, 0.5) is 5.69 Å². The van der Waals surface area contributed by atoms with Crippen molar-refractivity contribution in [2.75, 3.05) is 12.4 Å². The lowest BCUT2D eigenvalue weighted by atomic mass is 10.2. The number of anilines is 1. The van der Waals surface area contributed by atoms with Crippen molar-refractivity contribution < 1.29 is 9.53 Å². The largest absolute Gasteiger partial charge is 0.496 e. The molecule has 1 N–H and O–H groups in total. The molecule has 27 heavy (non-hydrogen) atoms. The number of methoxy groups -OCH3 is 1. The Morgan fingerprint density at radius 1 is 1.26 bits per heavy atom. The van der Waals surface area contributed by atoms with E-state index in [4.69, 9.17) is 16.3 Å². The number of hydrogen-bond donors (Lipinski definition) is 1. The van der Waals surface area contributed by atoms with Crippen LogP contribution in [0, 0.1) is 6.92 Å². The van der Waals surface area contributed by atoms with E-state index in [1.807, 2.05) is 37.4 Å². The molecule has 0 aliphatic carbocycles. The first-order valence-corrected chi connectivity index (χ1v) is 8.82. The van der Waals surface area contributed by atoms with Crippen molar-refractivity contribution in [1.29, 1.82) is 0 Å². The molecular weight excluding hydrogens is 362 g/mol. The minimum absolute atomic E-state index is 0.227. The first-order chi connectivity index (χ1) is 13.0. The number of benzene rings is 2. The predicted octanol–water partition coefficient (Wildman–Crippen LogP) is 4.55. The van der Waals surface area contributed by atoms with Gasteiger partial charge in [0, 0.05) is 41.3 Å². The number of nitrogens with one attached hydrogen (secondary N) is 1. The van der Waals surface area contributed by atoms with E-state index in [0.717, 1.165) is 29.2 Å².